The fourth-order valence-corrected chi connectivity index (χ4v) is 8.74. The third-order valence-electron chi connectivity index (χ3n) is 10.9. The van der Waals surface area contributed by atoms with Gasteiger partial charge in [-0.3, -0.25) is 9.78 Å². The van der Waals surface area contributed by atoms with Crippen molar-refractivity contribution < 1.29 is 9.53 Å². The summed E-state index contributed by atoms with van der Waals surface area (Å²) in [5, 5.41) is 0. The second kappa shape index (κ2) is 11.5. The number of hydrogen-bond acceptors (Lipinski definition) is 3. The molecule has 1 aromatic heterocycles. The van der Waals surface area contributed by atoms with Crippen molar-refractivity contribution in [3.05, 3.63) is 47.8 Å². The van der Waals surface area contributed by atoms with Gasteiger partial charge in [0.1, 0.15) is 6.10 Å². The van der Waals surface area contributed by atoms with E-state index in [9.17, 15) is 4.79 Å². The zero-order valence-corrected chi connectivity index (χ0v) is 23.6. The highest BCUT2D eigenvalue weighted by molar-refractivity contribution is 5.72. The third kappa shape index (κ3) is 5.34. The van der Waals surface area contributed by atoms with Crippen LogP contribution in [0.15, 0.2) is 42.3 Å². The minimum atomic E-state index is 0.0323. The van der Waals surface area contributed by atoms with Gasteiger partial charge < -0.3 is 4.74 Å². The van der Waals surface area contributed by atoms with Crippen LogP contribution in [-0.2, 0) is 9.53 Å². The molecule has 0 aromatic carbocycles. The standard InChI is InChI=1S/C34H49NO2/c1-4-5-6-7-8-9-10-13-32(36)37-27-18-20-33(2)26(23-27)14-15-28-30-17-16-29(25-12-11-22-35-24-25)34(30,3)21-19-31(28)33/h11-12,14,16,22,24,27-28,30-31H,4-10,13,15,17-21,23H2,1-3H3/t27?,28?,30?,31?,33-,34+/m0/s1. The molecule has 0 aliphatic heterocycles. The first kappa shape index (κ1) is 26.7. The largest absolute Gasteiger partial charge is 0.462 e. The van der Waals surface area contributed by atoms with E-state index in [0.717, 1.165) is 43.4 Å². The van der Waals surface area contributed by atoms with E-state index in [4.69, 9.17) is 4.74 Å². The third-order valence-corrected chi connectivity index (χ3v) is 10.9. The molecule has 1 heterocycles. The maximum Gasteiger partial charge on any atom is 0.306 e. The lowest BCUT2D eigenvalue weighted by Gasteiger charge is -2.57. The number of pyridine rings is 1. The van der Waals surface area contributed by atoms with Gasteiger partial charge in [-0.1, -0.05) is 83.1 Å². The van der Waals surface area contributed by atoms with Gasteiger partial charge in [0, 0.05) is 25.2 Å². The molecule has 0 bridgehead atoms. The number of hydrogen-bond donors (Lipinski definition) is 0. The molecule has 6 atom stereocenters. The Labute approximate surface area is 225 Å². The number of fused-ring (bicyclic) bond motifs is 5. The number of esters is 1. The quantitative estimate of drug-likeness (QED) is 0.181. The van der Waals surface area contributed by atoms with E-state index in [2.05, 4.69) is 56.2 Å². The van der Waals surface area contributed by atoms with Crippen molar-refractivity contribution in [3.8, 4) is 0 Å². The maximum absolute atomic E-state index is 12.6. The fourth-order valence-electron chi connectivity index (χ4n) is 8.74. The van der Waals surface area contributed by atoms with Gasteiger partial charge in [-0.2, -0.15) is 0 Å². The first-order valence-electron chi connectivity index (χ1n) is 15.5. The molecule has 4 aliphatic carbocycles. The predicted octanol–water partition coefficient (Wildman–Crippen LogP) is 9.09. The van der Waals surface area contributed by atoms with Crippen molar-refractivity contribution in [3.63, 3.8) is 0 Å². The van der Waals surface area contributed by atoms with Crippen molar-refractivity contribution >= 4 is 11.5 Å². The Bertz CT molecular complexity index is 996. The first-order chi connectivity index (χ1) is 18.0. The van der Waals surface area contributed by atoms with Crippen LogP contribution in [0.25, 0.3) is 5.57 Å². The zero-order valence-electron chi connectivity index (χ0n) is 23.6. The molecule has 0 spiro atoms. The number of unbranched alkanes of at least 4 members (excludes halogenated alkanes) is 6. The van der Waals surface area contributed by atoms with E-state index < -0.39 is 0 Å². The molecule has 4 aliphatic rings. The Hall–Kier alpha value is -1.90. The number of rotatable bonds is 10. The van der Waals surface area contributed by atoms with E-state index in [0.29, 0.717) is 6.42 Å². The summed E-state index contributed by atoms with van der Waals surface area (Å²) in [7, 11) is 0. The molecule has 4 unspecified atom stereocenters. The molecular weight excluding hydrogens is 454 g/mol. The van der Waals surface area contributed by atoms with Crippen LogP contribution in [0.1, 0.15) is 123 Å². The highest BCUT2D eigenvalue weighted by Crippen LogP contribution is 2.66. The van der Waals surface area contributed by atoms with Crippen LogP contribution >= 0.6 is 0 Å². The van der Waals surface area contributed by atoms with Crippen molar-refractivity contribution in [1.82, 2.24) is 4.98 Å². The van der Waals surface area contributed by atoms with Gasteiger partial charge in [0.25, 0.3) is 0 Å². The van der Waals surface area contributed by atoms with Gasteiger partial charge in [0.15, 0.2) is 0 Å². The fraction of sp³-hybridized carbons (Fsp3) is 0.706. The van der Waals surface area contributed by atoms with Crippen LogP contribution in [0.3, 0.4) is 0 Å². The number of ether oxygens (including phenoxy) is 1. The van der Waals surface area contributed by atoms with Crippen LogP contribution in [0.2, 0.25) is 0 Å². The molecule has 0 N–H and O–H groups in total. The van der Waals surface area contributed by atoms with E-state index >= 15 is 0 Å². The van der Waals surface area contributed by atoms with Gasteiger partial charge >= 0.3 is 5.97 Å². The summed E-state index contributed by atoms with van der Waals surface area (Å²) in [5.41, 5.74) is 5.01. The predicted molar refractivity (Wildman–Crippen MR) is 152 cm³/mol. The number of allylic oxidation sites excluding steroid dienone is 3. The molecule has 3 heteroatoms. The second-order valence-corrected chi connectivity index (χ2v) is 13.0. The van der Waals surface area contributed by atoms with Crippen LogP contribution in [-0.4, -0.2) is 17.1 Å². The van der Waals surface area contributed by atoms with Gasteiger partial charge in [0.2, 0.25) is 0 Å². The minimum absolute atomic E-state index is 0.0323. The summed E-state index contributed by atoms with van der Waals surface area (Å²) in [4.78, 5) is 17.0. The molecule has 3 nitrogen and oxygen atoms in total. The smallest absolute Gasteiger partial charge is 0.306 e. The first-order valence-corrected chi connectivity index (χ1v) is 15.5. The van der Waals surface area contributed by atoms with E-state index in [1.165, 1.54) is 69.8 Å². The molecule has 0 radical (unpaired) electrons. The van der Waals surface area contributed by atoms with Gasteiger partial charge in [0.05, 0.1) is 0 Å². The number of carbonyl (C=O) groups excluding carboxylic acids is 1. The van der Waals surface area contributed by atoms with Gasteiger partial charge in [-0.25, -0.2) is 0 Å². The Kier molecular flexibility index (Phi) is 8.27. The lowest BCUT2D eigenvalue weighted by Crippen LogP contribution is -2.50. The normalized spacial score (nSPS) is 34.6. The molecule has 202 valence electrons. The summed E-state index contributed by atoms with van der Waals surface area (Å²) < 4.78 is 6.02. The van der Waals surface area contributed by atoms with Crippen molar-refractivity contribution in [1.29, 1.82) is 0 Å². The molecule has 2 saturated carbocycles. The average Bonchev–Trinajstić information content (AvgIpc) is 3.26. The zero-order chi connectivity index (χ0) is 25.9. The SMILES string of the molecule is CCCCCCCCCC(=O)OC1CC[C@@]2(C)C(=CCC3C2CC[C@]2(C)C(c4cccnc4)=CCC32)C1. The number of aromatic nitrogens is 1. The van der Waals surface area contributed by atoms with Crippen LogP contribution in [0.5, 0.6) is 0 Å². The topological polar surface area (TPSA) is 39.2 Å². The molecule has 5 rings (SSSR count). The van der Waals surface area contributed by atoms with E-state index in [1.54, 1.807) is 11.1 Å². The monoisotopic (exact) mass is 503 g/mol. The molecule has 1 aromatic rings. The summed E-state index contributed by atoms with van der Waals surface area (Å²) in [5.74, 6) is 2.28. The summed E-state index contributed by atoms with van der Waals surface area (Å²) in [6.07, 6.45) is 26.5. The van der Waals surface area contributed by atoms with Gasteiger partial charge in [-0.05, 0) is 90.7 Å². The molecule has 0 saturated heterocycles. The molecule has 2 fully saturated rings. The Balaban J connectivity index is 1.16. The Morgan fingerprint density at radius 2 is 1.76 bits per heavy atom. The van der Waals surface area contributed by atoms with E-state index in [1.807, 2.05) is 6.20 Å². The lowest BCUT2D eigenvalue weighted by molar-refractivity contribution is -0.151. The van der Waals surface area contributed by atoms with Crippen LogP contribution in [0, 0.1) is 28.6 Å². The van der Waals surface area contributed by atoms with Crippen molar-refractivity contribution in [2.45, 2.75) is 123 Å². The summed E-state index contributed by atoms with van der Waals surface area (Å²) in [6, 6.07) is 4.32. The molecular formula is C34H49NO2. The summed E-state index contributed by atoms with van der Waals surface area (Å²) in [6.45, 7) is 7.32. The molecule has 37 heavy (non-hydrogen) atoms. The molecule has 0 amide bonds. The Morgan fingerprint density at radius 1 is 0.973 bits per heavy atom. The highest BCUT2D eigenvalue weighted by atomic mass is 16.5. The van der Waals surface area contributed by atoms with Crippen molar-refractivity contribution in [2.75, 3.05) is 0 Å². The van der Waals surface area contributed by atoms with Crippen LogP contribution in [0.4, 0.5) is 0 Å². The Morgan fingerprint density at radius 3 is 2.54 bits per heavy atom. The van der Waals surface area contributed by atoms with Crippen LogP contribution < -0.4 is 0 Å². The average molecular weight is 504 g/mol. The minimum Gasteiger partial charge on any atom is -0.462 e. The number of carbonyl (C=O) groups is 1. The summed E-state index contributed by atoms with van der Waals surface area (Å²) >= 11 is 0. The second-order valence-electron chi connectivity index (χ2n) is 13.0. The van der Waals surface area contributed by atoms with Gasteiger partial charge in [-0.15, -0.1) is 0 Å². The van der Waals surface area contributed by atoms with Crippen molar-refractivity contribution in [2.24, 2.45) is 28.6 Å². The maximum atomic E-state index is 12.6. The lowest BCUT2D eigenvalue weighted by atomic mass is 9.47. The highest BCUT2D eigenvalue weighted by Gasteiger charge is 2.57. The number of nitrogens with zero attached hydrogens (tertiary/aromatic N) is 1. The van der Waals surface area contributed by atoms with E-state index in [-0.39, 0.29) is 22.9 Å².